The first-order chi connectivity index (χ1) is 15.0. The number of esters is 1. The number of benzene rings is 3. The number of ether oxygens (including phenoxy) is 1. The van der Waals surface area contributed by atoms with Crippen LogP contribution in [0.5, 0.6) is 0 Å². The summed E-state index contributed by atoms with van der Waals surface area (Å²) in [7, 11) is 1.33. The van der Waals surface area contributed by atoms with Crippen LogP contribution in [0.15, 0.2) is 60.7 Å². The highest BCUT2D eigenvalue weighted by Crippen LogP contribution is 2.47. The van der Waals surface area contributed by atoms with Crippen LogP contribution >= 0.6 is 0 Å². The maximum Gasteiger partial charge on any atom is 0.337 e. The van der Waals surface area contributed by atoms with Crippen LogP contribution in [0.1, 0.15) is 73.1 Å². The molecule has 0 fully saturated rings. The number of halogens is 2. The van der Waals surface area contributed by atoms with Gasteiger partial charge in [0.25, 0.3) is 6.08 Å². The van der Waals surface area contributed by atoms with Gasteiger partial charge in [-0.3, -0.25) is 0 Å². The number of carbonyl (C=O) groups is 1. The van der Waals surface area contributed by atoms with Gasteiger partial charge in [-0.05, 0) is 74.9 Å². The van der Waals surface area contributed by atoms with E-state index in [9.17, 15) is 13.6 Å². The summed E-state index contributed by atoms with van der Waals surface area (Å²) in [6.07, 6.45) is 0.389. The van der Waals surface area contributed by atoms with E-state index in [0.717, 1.165) is 29.2 Å². The highest BCUT2D eigenvalue weighted by molar-refractivity contribution is 5.97. The van der Waals surface area contributed by atoms with Crippen LogP contribution in [0.4, 0.5) is 8.78 Å². The van der Waals surface area contributed by atoms with Gasteiger partial charge in [-0.25, -0.2) is 4.79 Å². The summed E-state index contributed by atoms with van der Waals surface area (Å²) in [5.41, 5.74) is 3.72. The SMILES string of the molecule is COC(=O)c1ccc2cc(C(=C(F)F)c3ccc4c(c3)C(C)(C)CCC4(C)C)ccc2c1. The summed E-state index contributed by atoms with van der Waals surface area (Å²) in [6, 6.07) is 16.1. The van der Waals surface area contributed by atoms with Crippen LogP contribution in [0.2, 0.25) is 0 Å². The van der Waals surface area contributed by atoms with Gasteiger partial charge in [-0.15, -0.1) is 0 Å². The largest absolute Gasteiger partial charge is 0.465 e. The molecule has 0 amide bonds. The Hall–Kier alpha value is -3.01. The average molecular weight is 435 g/mol. The minimum atomic E-state index is -1.71. The molecule has 0 heterocycles. The van der Waals surface area contributed by atoms with Gasteiger partial charge in [0, 0.05) is 0 Å². The van der Waals surface area contributed by atoms with Crippen LogP contribution in [0.3, 0.4) is 0 Å². The molecule has 0 unspecified atom stereocenters. The molecule has 3 aromatic carbocycles. The van der Waals surface area contributed by atoms with E-state index in [1.54, 1.807) is 36.4 Å². The Morgan fingerprint density at radius 3 is 1.84 bits per heavy atom. The summed E-state index contributed by atoms with van der Waals surface area (Å²) in [5, 5.41) is 1.58. The van der Waals surface area contributed by atoms with E-state index >= 15 is 0 Å². The second-order valence-electron chi connectivity index (χ2n) is 9.93. The van der Waals surface area contributed by atoms with Crippen LogP contribution in [0, 0.1) is 0 Å². The van der Waals surface area contributed by atoms with Crippen LogP contribution in [0.25, 0.3) is 16.3 Å². The lowest BCUT2D eigenvalue weighted by atomic mass is 9.63. The average Bonchev–Trinajstić information content (AvgIpc) is 2.76. The number of hydrogen-bond acceptors (Lipinski definition) is 2. The molecule has 1 aliphatic rings. The molecule has 166 valence electrons. The topological polar surface area (TPSA) is 26.3 Å². The maximum absolute atomic E-state index is 14.3. The predicted octanol–water partition coefficient (Wildman–Crippen LogP) is 7.63. The van der Waals surface area contributed by atoms with Gasteiger partial charge in [0.2, 0.25) is 0 Å². The zero-order chi connectivity index (χ0) is 23.3. The van der Waals surface area contributed by atoms with E-state index in [2.05, 4.69) is 27.7 Å². The zero-order valence-corrected chi connectivity index (χ0v) is 19.2. The van der Waals surface area contributed by atoms with Crippen LogP contribution in [-0.4, -0.2) is 13.1 Å². The molecule has 3 aromatic rings. The molecule has 0 saturated carbocycles. The fourth-order valence-electron chi connectivity index (χ4n) is 4.78. The van der Waals surface area contributed by atoms with Crippen molar-refractivity contribution in [2.24, 2.45) is 0 Å². The number of hydrogen-bond donors (Lipinski definition) is 0. The Morgan fingerprint density at radius 1 is 0.750 bits per heavy atom. The molecular formula is C28H28F2O2. The van der Waals surface area contributed by atoms with Crippen LogP contribution in [-0.2, 0) is 15.6 Å². The molecule has 4 rings (SSSR count). The number of methoxy groups -OCH3 is 1. The minimum Gasteiger partial charge on any atom is -0.465 e. The highest BCUT2D eigenvalue weighted by Gasteiger charge is 2.37. The molecule has 0 bridgehead atoms. The summed E-state index contributed by atoms with van der Waals surface area (Å²) in [4.78, 5) is 11.8. The van der Waals surface area contributed by atoms with E-state index in [-0.39, 0.29) is 16.4 Å². The smallest absolute Gasteiger partial charge is 0.337 e. The van der Waals surface area contributed by atoms with Gasteiger partial charge in [-0.2, -0.15) is 8.78 Å². The molecule has 0 spiro atoms. The molecule has 0 aromatic heterocycles. The van der Waals surface area contributed by atoms with E-state index in [4.69, 9.17) is 4.74 Å². The molecular weight excluding hydrogens is 406 g/mol. The minimum absolute atomic E-state index is 0.0296. The third-order valence-corrected chi connectivity index (χ3v) is 6.88. The van der Waals surface area contributed by atoms with Gasteiger partial charge in [0.1, 0.15) is 0 Å². The summed E-state index contributed by atoms with van der Waals surface area (Å²) in [5.74, 6) is -0.425. The second kappa shape index (κ2) is 7.84. The Labute approximate surface area is 187 Å². The van der Waals surface area contributed by atoms with Crippen molar-refractivity contribution >= 4 is 22.3 Å². The maximum atomic E-state index is 14.3. The van der Waals surface area contributed by atoms with Gasteiger partial charge in [0.15, 0.2) is 0 Å². The standard InChI is InChI=1S/C28H28F2O2/c1-27(2)12-13-28(3,4)23-16-20(10-11-22(23)27)24(25(29)30)19-8-6-18-15-21(26(31)32-5)9-7-17(18)14-19/h6-11,14-16H,12-13H2,1-5H3. The lowest BCUT2D eigenvalue weighted by Crippen LogP contribution is -2.33. The zero-order valence-electron chi connectivity index (χ0n) is 19.2. The van der Waals surface area contributed by atoms with Crippen molar-refractivity contribution in [1.82, 2.24) is 0 Å². The number of rotatable bonds is 3. The third-order valence-electron chi connectivity index (χ3n) is 6.88. The first-order valence-electron chi connectivity index (χ1n) is 10.9. The molecule has 0 saturated heterocycles. The van der Waals surface area contributed by atoms with E-state index in [1.165, 1.54) is 12.7 Å². The fourth-order valence-corrected chi connectivity index (χ4v) is 4.78. The molecule has 1 aliphatic carbocycles. The Kier molecular flexibility index (Phi) is 5.44. The molecule has 2 nitrogen and oxygen atoms in total. The van der Waals surface area contributed by atoms with Crippen molar-refractivity contribution in [3.8, 4) is 0 Å². The molecule has 32 heavy (non-hydrogen) atoms. The molecule has 0 N–H and O–H groups in total. The Balaban J connectivity index is 1.83. The normalized spacial score (nSPS) is 16.3. The molecule has 4 heteroatoms. The quantitative estimate of drug-likeness (QED) is 0.396. The molecule has 0 atom stereocenters. The summed E-state index contributed by atoms with van der Waals surface area (Å²) < 4.78 is 33.3. The first-order valence-corrected chi connectivity index (χ1v) is 10.9. The lowest BCUT2D eigenvalue weighted by Gasteiger charge is -2.42. The van der Waals surface area contributed by atoms with Gasteiger partial charge >= 0.3 is 5.97 Å². The lowest BCUT2D eigenvalue weighted by molar-refractivity contribution is 0.0601. The molecule has 0 aliphatic heterocycles. The third kappa shape index (κ3) is 3.83. The van der Waals surface area contributed by atoms with Crippen molar-refractivity contribution in [3.63, 3.8) is 0 Å². The highest BCUT2D eigenvalue weighted by atomic mass is 19.3. The first kappa shape index (κ1) is 22.2. The van der Waals surface area contributed by atoms with E-state index in [0.29, 0.717) is 16.7 Å². The van der Waals surface area contributed by atoms with E-state index in [1.807, 2.05) is 18.2 Å². The second-order valence-corrected chi connectivity index (χ2v) is 9.93. The number of carbonyl (C=O) groups excluding carboxylic acids is 1. The van der Waals surface area contributed by atoms with Crippen LogP contribution < -0.4 is 0 Å². The monoisotopic (exact) mass is 434 g/mol. The number of fused-ring (bicyclic) bond motifs is 2. The van der Waals surface area contributed by atoms with Crippen molar-refractivity contribution in [3.05, 3.63) is 88.5 Å². The Morgan fingerprint density at radius 2 is 1.25 bits per heavy atom. The van der Waals surface area contributed by atoms with Crippen molar-refractivity contribution in [2.45, 2.75) is 51.4 Å². The van der Waals surface area contributed by atoms with Crippen molar-refractivity contribution in [2.75, 3.05) is 7.11 Å². The summed E-state index contributed by atoms with van der Waals surface area (Å²) in [6.45, 7) is 8.82. The van der Waals surface area contributed by atoms with Gasteiger partial charge in [0.05, 0.1) is 18.2 Å². The fraction of sp³-hybridized carbons (Fsp3) is 0.321. The summed E-state index contributed by atoms with van der Waals surface area (Å²) >= 11 is 0. The predicted molar refractivity (Wildman–Crippen MR) is 125 cm³/mol. The molecule has 0 radical (unpaired) electrons. The van der Waals surface area contributed by atoms with Crippen molar-refractivity contribution in [1.29, 1.82) is 0 Å². The Bertz CT molecular complexity index is 1250. The van der Waals surface area contributed by atoms with Gasteiger partial charge in [-0.1, -0.05) is 64.1 Å². The van der Waals surface area contributed by atoms with E-state index < -0.39 is 12.0 Å². The van der Waals surface area contributed by atoms with Gasteiger partial charge < -0.3 is 4.74 Å². The van der Waals surface area contributed by atoms with Crippen molar-refractivity contribution < 1.29 is 18.3 Å².